The minimum Gasteiger partial charge on any atom is -0.368 e. The standard InChI is InChI=1S/C21H23N7O4S2/c22-33(29,30)17-8-6-16(7-9-17)12-14-23-19-10-11-20-25-26-21(28(20)27-19)13-15-24-34(31,32)18-4-2-1-3-5-18/h1-11,24H,12-15H2,(H,23,27)(H2,22,29,30). The number of hydrogen-bond acceptors (Lipinski definition) is 8. The summed E-state index contributed by atoms with van der Waals surface area (Å²) in [6, 6.07) is 18.1. The van der Waals surface area contributed by atoms with Gasteiger partial charge in [-0.25, -0.2) is 26.7 Å². The van der Waals surface area contributed by atoms with Crippen LogP contribution in [0.1, 0.15) is 11.4 Å². The number of nitrogens with two attached hydrogens (primary N) is 1. The van der Waals surface area contributed by atoms with Crippen LogP contribution < -0.4 is 15.2 Å². The van der Waals surface area contributed by atoms with Crippen LogP contribution >= 0.6 is 0 Å². The minimum absolute atomic E-state index is 0.0718. The summed E-state index contributed by atoms with van der Waals surface area (Å²) in [5.41, 5.74) is 1.49. The summed E-state index contributed by atoms with van der Waals surface area (Å²) >= 11 is 0. The second-order valence-corrected chi connectivity index (χ2v) is 10.8. The molecule has 0 spiro atoms. The van der Waals surface area contributed by atoms with Gasteiger partial charge < -0.3 is 5.32 Å². The molecule has 0 unspecified atom stereocenters. The Kier molecular flexibility index (Phi) is 6.88. The van der Waals surface area contributed by atoms with Gasteiger partial charge in [0.1, 0.15) is 5.82 Å². The van der Waals surface area contributed by atoms with Gasteiger partial charge in [0.05, 0.1) is 9.79 Å². The molecule has 4 aromatic rings. The topological polar surface area (TPSA) is 161 Å². The van der Waals surface area contributed by atoms with E-state index in [4.69, 9.17) is 5.14 Å². The third-order valence-corrected chi connectivity index (χ3v) is 7.40. The Balaban J connectivity index is 1.35. The number of anilines is 1. The van der Waals surface area contributed by atoms with E-state index >= 15 is 0 Å². The predicted molar refractivity (Wildman–Crippen MR) is 126 cm³/mol. The van der Waals surface area contributed by atoms with Crippen LogP contribution in [0.3, 0.4) is 0 Å². The molecular formula is C21H23N7O4S2. The molecule has 0 atom stereocenters. The zero-order valence-electron chi connectivity index (χ0n) is 18.0. The first-order valence-corrected chi connectivity index (χ1v) is 13.4. The fraction of sp³-hybridized carbons (Fsp3) is 0.190. The molecule has 2 aromatic carbocycles. The van der Waals surface area contributed by atoms with E-state index in [2.05, 4.69) is 25.3 Å². The van der Waals surface area contributed by atoms with Gasteiger partial charge in [-0.1, -0.05) is 30.3 Å². The summed E-state index contributed by atoms with van der Waals surface area (Å²) in [6.45, 7) is 0.702. The maximum Gasteiger partial charge on any atom is 0.240 e. The van der Waals surface area contributed by atoms with E-state index in [0.717, 1.165) is 5.56 Å². The van der Waals surface area contributed by atoms with E-state index in [1.165, 1.54) is 24.3 Å². The van der Waals surface area contributed by atoms with Crippen molar-refractivity contribution < 1.29 is 16.8 Å². The van der Waals surface area contributed by atoms with Gasteiger partial charge in [-0.3, -0.25) is 0 Å². The van der Waals surface area contributed by atoms with Crippen LogP contribution in [0.4, 0.5) is 5.82 Å². The molecule has 13 heteroatoms. The molecular weight excluding hydrogens is 478 g/mol. The van der Waals surface area contributed by atoms with Crippen LogP contribution in [0, 0.1) is 0 Å². The molecule has 11 nitrogen and oxygen atoms in total. The van der Waals surface area contributed by atoms with Crippen LogP contribution in [0.2, 0.25) is 0 Å². The van der Waals surface area contributed by atoms with Crippen molar-refractivity contribution in [1.29, 1.82) is 0 Å². The Morgan fingerprint density at radius 1 is 0.794 bits per heavy atom. The van der Waals surface area contributed by atoms with Gasteiger partial charge in [-0.2, -0.15) is 4.52 Å². The Hall–Kier alpha value is -3.39. The Bertz CT molecular complexity index is 1490. The molecule has 0 aliphatic rings. The monoisotopic (exact) mass is 501 g/mol. The summed E-state index contributed by atoms with van der Waals surface area (Å²) in [5.74, 6) is 1.12. The molecule has 178 valence electrons. The van der Waals surface area contributed by atoms with Gasteiger partial charge in [0.25, 0.3) is 0 Å². The highest BCUT2D eigenvalue weighted by Crippen LogP contribution is 2.11. The summed E-state index contributed by atoms with van der Waals surface area (Å²) < 4.78 is 51.6. The van der Waals surface area contributed by atoms with Crippen molar-refractivity contribution in [2.75, 3.05) is 18.4 Å². The number of aromatic nitrogens is 4. The zero-order valence-corrected chi connectivity index (χ0v) is 19.6. The van der Waals surface area contributed by atoms with E-state index in [0.29, 0.717) is 36.7 Å². The molecule has 34 heavy (non-hydrogen) atoms. The normalized spacial score (nSPS) is 12.1. The molecule has 0 aliphatic carbocycles. The van der Waals surface area contributed by atoms with E-state index in [9.17, 15) is 16.8 Å². The fourth-order valence-electron chi connectivity index (χ4n) is 3.24. The summed E-state index contributed by atoms with van der Waals surface area (Å²) in [7, 11) is -7.31. The van der Waals surface area contributed by atoms with E-state index in [1.807, 2.05) is 0 Å². The average Bonchev–Trinajstić information content (AvgIpc) is 3.22. The number of hydrogen-bond donors (Lipinski definition) is 3. The van der Waals surface area contributed by atoms with Crippen LogP contribution in [-0.2, 0) is 32.9 Å². The van der Waals surface area contributed by atoms with E-state index in [-0.39, 0.29) is 16.3 Å². The van der Waals surface area contributed by atoms with Crippen molar-refractivity contribution in [2.24, 2.45) is 5.14 Å². The molecule has 0 saturated heterocycles. The highest BCUT2D eigenvalue weighted by Gasteiger charge is 2.14. The van der Waals surface area contributed by atoms with E-state index < -0.39 is 20.0 Å². The Labute approximate surface area is 197 Å². The SMILES string of the molecule is NS(=O)(=O)c1ccc(CCNc2ccc3nnc(CCNS(=O)(=O)c4ccccc4)n3n2)cc1. The molecule has 4 N–H and O–H groups in total. The zero-order chi connectivity index (χ0) is 24.2. The molecule has 0 bridgehead atoms. The molecule has 0 radical (unpaired) electrons. The quantitative estimate of drug-likeness (QED) is 0.289. The van der Waals surface area contributed by atoms with Crippen molar-refractivity contribution in [3.8, 4) is 0 Å². The number of fused-ring (bicyclic) bond motifs is 1. The lowest BCUT2D eigenvalue weighted by Crippen LogP contribution is -2.26. The minimum atomic E-state index is -3.71. The second kappa shape index (κ2) is 9.85. The van der Waals surface area contributed by atoms with Gasteiger partial charge in [0.2, 0.25) is 20.0 Å². The summed E-state index contributed by atoms with van der Waals surface area (Å²) in [5, 5.41) is 21.0. The molecule has 4 rings (SSSR count). The number of benzene rings is 2. The molecule has 2 aromatic heterocycles. The third kappa shape index (κ3) is 5.75. The number of primary sulfonamides is 1. The maximum absolute atomic E-state index is 12.4. The number of sulfonamides is 2. The first-order valence-electron chi connectivity index (χ1n) is 10.3. The Morgan fingerprint density at radius 3 is 2.24 bits per heavy atom. The maximum atomic E-state index is 12.4. The van der Waals surface area contributed by atoms with Crippen LogP contribution in [0.25, 0.3) is 5.65 Å². The lowest BCUT2D eigenvalue weighted by atomic mass is 10.1. The van der Waals surface area contributed by atoms with Crippen molar-refractivity contribution in [3.05, 3.63) is 78.1 Å². The van der Waals surface area contributed by atoms with E-state index in [1.54, 1.807) is 47.0 Å². The van der Waals surface area contributed by atoms with Gasteiger partial charge in [-0.15, -0.1) is 15.3 Å². The smallest absolute Gasteiger partial charge is 0.240 e. The van der Waals surface area contributed by atoms with Crippen LogP contribution in [0.15, 0.2) is 76.5 Å². The second-order valence-electron chi connectivity index (χ2n) is 7.43. The van der Waals surface area contributed by atoms with Crippen molar-refractivity contribution in [3.63, 3.8) is 0 Å². The van der Waals surface area contributed by atoms with Crippen molar-refractivity contribution in [2.45, 2.75) is 22.6 Å². The third-order valence-electron chi connectivity index (χ3n) is 4.99. The largest absolute Gasteiger partial charge is 0.368 e. The number of rotatable bonds is 10. The van der Waals surface area contributed by atoms with Crippen molar-refractivity contribution >= 4 is 31.5 Å². The fourth-order valence-corrected chi connectivity index (χ4v) is 4.81. The number of nitrogens with one attached hydrogen (secondary N) is 2. The molecule has 0 saturated carbocycles. The lowest BCUT2D eigenvalue weighted by Gasteiger charge is -2.08. The summed E-state index contributed by atoms with van der Waals surface area (Å²) in [6.07, 6.45) is 0.945. The first kappa shape index (κ1) is 23.8. The Morgan fingerprint density at radius 2 is 1.53 bits per heavy atom. The molecule has 0 aliphatic heterocycles. The summed E-state index contributed by atoms with van der Waals surface area (Å²) in [4.78, 5) is 0.271. The van der Waals surface area contributed by atoms with Gasteiger partial charge >= 0.3 is 0 Å². The molecule has 0 amide bonds. The first-order chi connectivity index (χ1) is 16.2. The average molecular weight is 502 g/mol. The molecule has 2 heterocycles. The highest BCUT2D eigenvalue weighted by molar-refractivity contribution is 7.89. The van der Waals surface area contributed by atoms with Crippen LogP contribution in [-0.4, -0.2) is 49.7 Å². The molecule has 0 fully saturated rings. The van der Waals surface area contributed by atoms with Gasteiger partial charge in [0, 0.05) is 19.5 Å². The van der Waals surface area contributed by atoms with Gasteiger partial charge in [0.15, 0.2) is 11.5 Å². The highest BCUT2D eigenvalue weighted by atomic mass is 32.2. The predicted octanol–water partition coefficient (Wildman–Crippen LogP) is 0.947. The van der Waals surface area contributed by atoms with Gasteiger partial charge in [-0.05, 0) is 48.4 Å². The number of nitrogens with zero attached hydrogens (tertiary/aromatic N) is 4. The van der Waals surface area contributed by atoms with Crippen LogP contribution in [0.5, 0.6) is 0 Å². The lowest BCUT2D eigenvalue weighted by molar-refractivity contribution is 0.580. The van der Waals surface area contributed by atoms with Crippen molar-refractivity contribution in [1.82, 2.24) is 24.5 Å².